The predicted molar refractivity (Wildman–Crippen MR) is 141 cm³/mol. The summed E-state index contributed by atoms with van der Waals surface area (Å²) in [5.41, 5.74) is 2.07. The van der Waals surface area contributed by atoms with E-state index in [-0.39, 0.29) is 11.5 Å². The highest BCUT2D eigenvalue weighted by molar-refractivity contribution is 5.66. The Morgan fingerprint density at radius 3 is 1.68 bits per heavy atom. The molecule has 34 heavy (non-hydrogen) atoms. The number of aromatic hydroxyl groups is 1. The van der Waals surface area contributed by atoms with Crippen molar-refractivity contribution in [3.05, 3.63) is 17.2 Å². The molecule has 1 rings (SSSR count). The second kappa shape index (κ2) is 19.4. The summed E-state index contributed by atoms with van der Waals surface area (Å²) in [4.78, 5) is 11.2. The van der Waals surface area contributed by atoms with Gasteiger partial charge in [0, 0.05) is 5.56 Å². The Kier molecular flexibility index (Phi) is 17.2. The average Bonchev–Trinajstić information content (AvgIpc) is 2.81. The minimum Gasteiger partial charge on any atom is -0.502 e. The molecule has 0 fully saturated rings. The number of aryl methyl sites for hydroxylation is 1. The molecular formula is C29H50O5. The van der Waals surface area contributed by atoms with E-state index < -0.39 is 6.16 Å². The van der Waals surface area contributed by atoms with Crippen molar-refractivity contribution in [2.24, 2.45) is 0 Å². The number of carbonyl (C=O) groups is 1. The zero-order valence-corrected chi connectivity index (χ0v) is 22.1. The predicted octanol–water partition coefficient (Wildman–Crippen LogP) is 9.21. The molecule has 0 aromatic heterocycles. The molecule has 0 radical (unpaired) electrons. The molecule has 1 aromatic rings. The molecule has 0 aliphatic heterocycles. The molecule has 0 spiro atoms. The van der Waals surface area contributed by atoms with Crippen molar-refractivity contribution in [2.45, 2.75) is 136 Å². The molecule has 0 saturated carbocycles. The maximum atomic E-state index is 11.2. The molecule has 0 saturated heterocycles. The van der Waals surface area contributed by atoms with Gasteiger partial charge >= 0.3 is 6.16 Å². The lowest BCUT2D eigenvalue weighted by molar-refractivity contribution is 0.142. The van der Waals surface area contributed by atoms with E-state index in [4.69, 9.17) is 14.6 Å². The fraction of sp³-hybridized carbons (Fsp3) is 0.759. The van der Waals surface area contributed by atoms with Crippen LogP contribution in [0.2, 0.25) is 0 Å². The molecule has 2 N–H and O–H groups in total. The van der Waals surface area contributed by atoms with Gasteiger partial charge in [-0.05, 0) is 44.2 Å². The smallest absolute Gasteiger partial charge is 0.502 e. The van der Waals surface area contributed by atoms with E-state index in [0.29, 0.717) is 12.4 Å². The molecule has 5 heteroatoms. The third-order valence-electron chi connectivity index (χ3n) is 6.48. The number of hydrogen-bond donors (Lipinski definition) is 2. The molecule has 196 valence electrons. The maximum Gasteiger partial charge on any atom is 0.511 e. The van der Waals surface area contributed by atoms with Gasteiger partial charge in [-0.15, -0.1) is 0 Å². The highest BCUT2D eigenvalue weighted by atomic mass is 16.7. The van der Waals surface area contributed by atoms with Crippen molar-refractivity contribution in [1.82, 2.24) is 0 Å². The van der Waals surface area contributed by atoms with Crippen LogP contribution in [0.25, 0.3) is 0 Å². The number of carboxylic acid groups (broad SMARTS) is 1. The zero-order chi connectivity index (χ0) is 25.0. The second-order valence-corrected chi connectivity index (χ2v) is 9.44. The first-order valence-corrected chi connectivity index (χ1v) is 14.0. The van der Waals surface area contributed by atoms with Gasteiger partial charge in [0.1, 0.15) is 0 Å². The van der Waals surface area contributed by atoms with Crippen LogP contribution in [0.15, 0.2) is 6.07 Å². The Balaban J connectivity index is 2.79. The van der Waals surface area contributed by atoms with Gasteiger partial charge in [-0.2, -0.15) is 0 Å². The van der Waals surface area contributed by atoms with E-state index in [1.54, 1.807) is 6.07 Å². The molecule has 0 atom stereocenters. The summed E-state index contributed by atoms with van der Waals surface area (Å²) in [6.45, 7) is 6.76. The van der Waals surface area contributed by atoms with Gasteiger partial charge in [-0.25, -0.2) is 4.79 Å². The van der Waals surface area contributed by atoms with Crippen LogP contribution in [-0.4, -0.2) is 23.0 Å². The Morgan fingerprint density at radius 2 is 1.21 bits per heavy atom. The van der Waals surface area contributed by atoms with Gasteiger partial charge in [0.25, 0.3) is 0 Å². The van der Waals surface area contributed by atoms with Crippen LogP contribution in [-0.2, 0) is 12.8 Å². The van der Waals surface area contributed by atoms with E-state index in [0.717, 1.165) is 49.7 Å². The third kappa shape index (κ3) is 12.5. The van der Waals surface area contributed by atoms with E-state index in [2.05, 4.69) is 13.8 Å². The van der Waals surface area contributed by atoms with Gasteiger partial charge in [-0.3, -0.25) is 0 Å². The SMILES string of the molecule is CCCCCCCCCCc1cc(OC(=O)O)c(O)c(OCC)c1CCCCCCCCCC. The molecule has 0 unspecified atom stereocenters. The van der Waals surface area contributed by atoms with E-state index in [9.17, 15) is 9.90 Å². The summed E-state index contributed by atoms with van der Waals surface area (Å²) in [6.07, 6.45) is 20.1. The fourth-order valence-corrected chi connectivity index (χ4v) is 4.57. The normalized spacial score (nSPS) is 11.0. The number of ether oxygens (including phenoxy) is 2. The number of benzene rings is 1. The van der Waals surface area contributed by atoms with Crippen molar-refractivity contribution >= 4 is 6.16 Å². The van der Waals surface area contributed by atoms with Crippen molar-refractivity contribution < 1.29 is 24.5 Å². The quantitative estimate of drug-likeness (QED) is 0.105. The van der Waals surface area contributed by atoms with Crippen molar-refractivity contribution in [1.29, 1.82) is 0 Å². The van der Waals surface area contributed by atoms with Crippen LogP contribution < -0.4 is 9.47 Å². The molecule has 0 heterocycles. The zero-order valence-electron chi connectivity index (χ0n) is 22.1. The second-order valence-electron chi connectivity index (χ2n) is 9.44. The number of hydrogen-bond acceptors (Lipinski definition) is 4. The topological polar surface area (TPSA) is 76.0 Å². The van der Waals surface area contributed by atoms with Crippen molar-refractivity contribution in [2.75, 3.05) is 6.61 Å². The van der Waals surface area contributed by atoms with Gasteiger partial charge in [0.05, 0.1) is 6.61 Å². The van der Waals surface area contributed by atoms with Crippen LogP contribution in [0.4, 0.5) is 4.79 Å². The lowest BCUT2D eigenvalue weighted by Crippen LogP contribution is -2.08. The Bertz CT molecular complexity index is 671. The van der Waals surface area contributed by atoms with Crippen LogP contribution in [0, 0.1) is 0 Å². The first-order valence-electron chi connectivity index (χ1n) is 14.0. The van der Waals surface area contributed by atoms with Crippen LogP contribution in [0.3, 0.4) is 0 Å². The van der Waals surface area contributed by atoms with Crippen LogP contribution in [0.5, 0.6) is 17.2 Å². The Morgan fingerprint density at radius 1 is 0.735 bits per heavy atom. The van der Waals surface area contributed by atoms with E-state index in [1.165, 1.54) is 77.0 Å². The lowest BCUT2D eigenvalue weighted by Gasteiger charge is -2.19. The molecule has 5 nitrogen and oxygen atoms in total. The highest BCUT2D eigenvalue weighted by Crippen LogP contribution is 2.43. The summed E-state index contributed by atoms with van der Waals surface area (Å²) in [5, 5.41) is 19.8. The standard InChI is InChI=1S/C29H50O5/c1-4-7-9-11-13-15-17-19-21-24-23-26(34-29(31)32)27(30)28(33-6-3)25(24)22-20-18-16-14-12-10-8-5-2/h23,30H,4-22H2,1-3H3,(H,31,32). The van der Waals surface area contributed by atoms with E-state index in [1.807, 2.05) is 6.92 Å². The number of rotatable bonds is 21. The highest BCUT2D eigenvalue weighted by Gasteiger charge is 2.21. The third-order valence-corrected chi connectivity index (χ3v) is 6.48. The average molecular weight is 479 g/mol. The van der Waals surface area contributed by atoms with Crippen molar-refractivity contribution in [3.8, 4) is 17.2 Å². The van der Waals surface area contributed by atoms with Crippen LogP contribution >= 0.6 is 0 Å². The molecule has 0 aliphatic rings. The fourth-order valence-electron chi connectivity index (χ4n) is 4.57. The largest absolute Gasteiger partial charge is 0.511 e. The van der Waals surface area contributed by atoms with Gasteiger partial charge in [0.15, 0.2) is 11.5 Å². The first kappa shape index (κ1) is 30.1. The number of unbranched alkanes of at least 4 members (excludes halogenated alkanes) is 14. The summed E-state index contributed by atoms with van der Waals surface area (Å²) in [5.74, 6) is 0.183. The Labute approximate surface area is 208 Å². The molecular weight excluding hydrogens is 428 g/mol. The van der Waals surface area contributed by atoms with Gasteiger partial charge < -0.3 is 19.7 Å². The number of phenols is 1. The molecule has 0 bridgehead atoms. The Hall–Kier alpha value is -1.91. The van der Waals surface area contributed by atoms with Crippen molar-refractivity contribution in [3.63, 3.8) is 0 Å². The summed E-state index contributed by atoms with van der Waals surface area (Å²) >= 11 is 0. The molecule has 0 aliphatic carbocycles. The first-order chi connectivity index (χ1) is 16.5. The monoisotopic (exact) mass is 478 g/mol. The van der Waals surface area contributed by atoms with Gasteiger partial charge in [0.2, 0.25) is 5.75 Å². The summed E-state index contributed by atoms with van der Waals surface area (Å²) in [7, 11) is 0. The molecule has 0 amide bonds. The maximum absolute atomic E-state index is 11.2. The lowest BCUT2D eigenvalue weighted by atomic mass is 9.94. The minimum atomic E-state index is -1.42. The number of phenolic OH excluding ortho intramolecular Hbond substituents is 1. The van der Waals surface area contributed by atoms with Crippen LogP contribution in [0.1, 0.15) is 135 Å². The molecule has 1 aromatic carbocycles. The van der Waals surface area contributed by atoms with Gasteiger partial charge in [-0.1, -0.05) is 104 Å². The summed E-state index contributed by atoms with van der Waals surface area (Å²) in [6, 6.07) is 1.72. The van der Waals surface area contributed by atoms with E-state index >= 15 is 0 Å². The summed E-state index contributed by atoms with van der Waals surface area (Å²) < 4.78 is 10.7. The minimum absolute atomic E-state index is 0.0230.